The summed E-state index contributed by atoms with van der Waals surface area (Å²) in [6.07, 6.45) is -3.20. The molecule has 2 aromatic carbocycles. The second-order valence-electron chi connectivity index (χ2n) is 6.04. The smallest absolute Gasteiger partial charge is 0.416 e. The van der Waals surface area contributed by atoms with Crippen LogP contribution in [-0.2, 0) is 17.6 Å². The molecule has 0 saturated carbocycles. The molecule has 0 aromatic heterocycles. The Hall–Kier alpha value is -2.70. The minimum Gasteiger partial charge on any atom is -0.489 e. The Balaban J connectivity index is 1.90. The van der Waals surface area contributed by atoms with Crippen LogP contribution in [0.15, 0.2) is 48.5 Å². The van der Waals surface area contributed by atoms with Crippen molar-refractivity contribution in [1.29, 1.82) is 0 Å². The number of rotatable bonds is 9. The third kappa shape index (κ3) is 6.51. The minimum absolute atomic E-state index is 0.118. The Bertz CT molecular complexity index is 724. The number of unbranched alkanes of at least 4 members (excludes halogenated alkanes) is 1. The molecule has 4 nitrogen and oxygen atoms in total. The Morgan fingerprint density at radius 2 is 1.63 bits per heavy atom. The lowest BCUT2D eigenvalue weighted by molar-refractivity contribution is -0.145. The first kappa shape index (κ1) is 20.6. The molecule has 0 aliphatic heterocycles. The van der Waals surface area contributed by atoms with Gasteiger partial charge in [-0.25, -0.2) is 4.79 Å². The van der Waals surface area contributed by atoms with Crippen LogP contribution in [0, 0.1) is 0 Å². The van der Waals surface area contributed by atoms with E-state index in [1.807, 2.05) is 6.92 Å². The number of ether oxygens (including phenoxy) is 2. The second kappa shape index (κ2) is 9.30. The minimum atomic E-state index is -4.36. The monoisotopic (exact) mass is 382 g/mol. The molecule has 0 saturated heterocycles. The number of hydrogen-bond donors (Lipinski definition) is 1. The van der Waals surface area contributed by atoms with Gasteiger partial charge in [-0.15, -0.1) is 0 Å². The molecule has 0 amide bonds. The zero-order valence-corrected chi connectivity index (χ0v) is 14.8. The van der Waals surface area contributed by atoms with Crippen molar-refractivity contribution < 1.29 is 32.5 Å². The van der Waals surface area contributed by atoms with Crippen LogP contribution < -0.4 is 9.47 Å². The largest absolute Gasteiger partial charge is 0.489 e. The summed E-state index contributed by atoms with van der Waals surface area (Å²) in [7, 11) is 0. The second-order valence-corrected chi connectivity index (χ2v) is 6.04. The molecule has 1 unspecified atom stereocenters. The van der Waals surface area contributed by atoms with Crippen molar-refractivity contribution in [3.05, 3.63) is 59.7 Å². The van der Waals surface area contributed by atoms with E-state index < -0.39 is 23.8 Å². The van der Waals surface area contributed by atoms with Crippen molar-refractivity contribution in [1.82, 2.24) is 0 Å². The first-order chi connectivity index (χ1) is 12.8. The standard InChI is InChI=1S/C20H21F3O4/c1-2-3-4-18(19(24)25)27-17-11-9-16(10-12-17)26-13-14-5-7-15(8-6-14)20(21,22)23/h5-12,18H,2-4,13H2,1H3,(H,24,25). The van der Waals surface area contributed by atoms with Crippen LogP contribution in [0.2, 0.25) is 0 Å². The maximum atomic E-state index is 12.5. The van der Waals surface area contributed by atoms with E-state index in [1.165, 1.54) is 12.1 Å². The van der Waals surface area contributed by atoms with Crippen molar-refractivity contribution in [2.24, 2.45) is 0 Å². The summed E-state index contributed by atoms with van der Waals surface area (Å²) in [6.45, 7) is 2.09. The van der Waals surface area contributed by atoms with Gasteiger partial charge in [-0.3, -0.25) is 0 Å². The maximum Gasteiger partial charge on any atom is 0.416 e. The number of hydrogen-bond acceptors (Lipinski definition) is 3. The lowest BCUT2D eigenvalue weighted by Gasteiger charge is -2.15. The van der Waals surface area contributed by atoms with Crippen molar-refractivity contribution in [3.63, 3.8) is 0 Å². The Kier molecular flexibility index (Phi) is 7.10. The molecule has 0 fully saturated rings. The average Bonchev–Trinajstić information content (AvgIpc) is 2.64. The lowest BCUT2D eigenvalue weighted by atomic mass is 10.1. The first-order valence-corrected chi connectivity index (χ1v) is 8.58. The van der Waals surface area contributed by atoms with Crippen molar-refractivity contribution in [2.75, 3.05) is 0 Å². The van der Waals surface area contributed by atoms with Crippen LogP contribution in [0.4, 0.5) is 13.2 Å². The molecule has 0 spiro atoms. The molecule has 1 N–H and O–H groups in total. The SMILES string of the molecule is CCCCC(Oc1ccc(OCc2ccc(C(F)(F)F)cc2)cc1)C(=O)O. The van der Waals surface area contributed by atoms with E-state index in [-0.39, 0.29) is 6.61 Å². The third-order valence-corrected chi connectivity index (χ3v) is 3.88. The molecular weight excluding hydrogens is 361 g/mol. The summed E-state index contributed by atoms with van der Waals surface area (Å²) in [5.74, 6) is -0.0888. The van der Waals surface area contributed by atoms with Gasteiger partial charge in [0.05, 0.1) is 5.56 Å². The highest BCUT2D eigenvalue weighted by Gasteiger charge is 2.29. The number of halogens is 3. The summed E-state index contributed by atoms with van der Waals surface area (Å²) in [5.41, 5.74) is -0.0994. The molecule has 0 aliphatic rings. The van der Waals surface area contributed by atoms with Crippen molar-refractivity contribution in [2.45, 2.75) is 45.1 Å². The van der Waals surface area contributed by atoms with Gasteiger partial charge in [-0.05, 0) is 54.8 Å². The fourth-order valence-corrected chi connectivity index (χ4v) is 2.36. The van der Waals surface area contributed by atoms with Crippen LogP contribution in [0.1, 0.15) is 37.3 Å². The van der Waals surface area contributed by atoms with E-state index in [0.29, 0.717) is 23.5 Å². The van der Waals surface area contributed by atoms with Gasteiger partial charge in [-0.2, -0.15) is 13.2 Å². The number of alkyl halides is 3. The summed E-state index contributed by atoms with van der Waals surface area (Å²) >= 11 is 0. The Labute approximate surface area is 155 Å². The quantitative estimate of drug-likeness (QED) is 0.639. The first-order valence-electron chi connectivity index (χ1n) is 8.58. The lowest BCUT2D eigenvalue weighted by Crippen LogP contribution is -2.26. The Morgan fingerprint density at radius 1 is 1.04 bits per heavy atom. The van der Waals surface area contributed by atoms with E-state index in [1.54, 1.807) is 24.3 Å². The van der Waals surface area contributed by atoms with Crippen LogP contribution >= 0.6 is 0 Å². The number of carboxylic acid groups (broad SMARTS) is 1. The van der Waals surface area contributed by atoms with Gasteiger partial charge in [0, 0.05) is 0 Å². The fraction of sp³-hybridized carbons (Fsp3) is 0.350. The van der Waals surface area contributed by atoms with E-state index in [0.717, 1.165) is 25.0 Å². The highest BCUT2D eigenvalue weighted by atomic mass is 19.4. The molecule has 146 valence electrons. The van der Waals surface area contributed by atoms with Gasteiger partial charge < -0.3 is 14.6 Å². The van der Waals surface area contributed by atoms with Crippen LogP contribution in [0.5, 0.6) is 11.5 Å². The molecule has 27 heavy (non-hydrogen) atoms. The number of carboxylic acids is 1. The zero-order valence-electron chi connectivity index (χ0n) is 14.8. The zero-order chi connectivity index (χ0) is 19.9. The normalized spacial score (nSPS) is 12.4. The van der Waals surface area contributed by atoms with Gasteiger partial charge in [0.25, 0.3) is 0 Å². The van der Waals surface area contributed by atoms with Crippen LogP contribution in [-0.4, -0.2) is 17.2 Å². The van der Waals surface area contributed by atoms with Crippen LogP contribution in [0.25, 0.3) is 0 Å². The highest BCUT2D eigenvalue weighted by molar-refractivity contribution is 5.72. The van der Waals surface area contributed by atoms with Crippen molar-refractivity contribution in [3.8, 4) is 11.5 Å². The summed E-state index contributed by atoms with van der Waals surface area (Å²) in [4.78, 5) is 11.2. The Morgan fingerprint density at radius 3 is 2.15 bits per heavy atom. The molecule has 0 aliphatic carbocycles. The predicted octanol–water partition coefficient (Wildman–Crippen LogP) is 5.31. The summed E-state index contributed by atoms with van der Waals surface area (Å²) < 4.78 is 48.6. The fourth-order valence-electron chi connectivity index (χ4n) is 2.36. The third-order valence-electron chi connectivity index (χ3n) is 3.88. The van der Waals surface area contributed by atoms with E-state index >= 15 is 0 Å². The number of carbonyl (C=O) groups is 1. The van der Waals surface area contributed by atoms with E-state index in [2.05, 4.69) is 0 Å². The molecule has 2 rings (SSSR count). The molecule has 0 heterocycles. The number of benzene rings is 2. The average molecular weight is 382 g/mol. The van der Waals surface area contributed by atoms with E-state index in [4.69, 9.17) is 9.47 Å². The molecule has 0 bridgehead atoms. The molecule has 1 atom stereocenters. The molecular formula is C20H21F3O4. The summed E-state index contributed by atoms with van der Waals surface area (Å²) in [6, 6.07) is 11.2. The van der Waals surface area contributed by atoms with Gasteiger partial charge in [0.15, 0.2) is 6.10 Å². The summed E-state index contributed by atoms with van der Waals surface area (Å²) in [5, 5.41) is 9.18. The number of aliphatic carboxylic acids is 1. The van der Waals surface area contributed by atoms with E-state index in [9.17, 15) is 23.1 Å². The van der Waals surface area contributed by atoms with Crippen molar-refractivity contribution >= 4 is 5.97 Å². The predicted molar refractivity (Wildman–Crippen MR) is 93.8 cm³/mol. The molecule has 7 heteroatoms. The van der Waals surface area contributed by atoms with Crippen LogP contribution in [0.3, 0.4) is 0 Å². The van der Waals surface area contributed by atoms with Gasteiger partial charge in [0.2, 0.25) is 0 Å². The van der Waals surface area contributed by atoms with Gasteiger partial charge in [-0.1, -0.05) is 25.5 Å². The highest BCUT2D eigenvalue weighted by Crippen LogP contribution is 2.29. The maximum absolute atomic E-state index is 12.5. The topological polar surface area (TPSA) is 55.8 Å². The van der Waals surface area contributed by atoms with Gasteiger partial charge in [0.1, 0.15) is 18.1 Å². The van der Waals surface area contributed by atoms with Gasteiger partial charge >= 0.3 is 12.1 Å². The molecule has 0 radical (unpaired) electrons. The molecule has 2 aromatic rings.